The van der Waals surface area contributed by atoms with Crippen LogP contribution in [0, 0.1) is 0 Å². The van der Waals surface area contributed by atoms with E-state index in [9.17, 15) is 0 Å². The van der Waals surface area contributed by atoms with E-state index in [1.165, 1.54) is 0 Å². The third kappa shape index (κ3) is 3.80. The Kier molecular flexibility index (Phi) is 5.02. The van der Waals surface area contributed by atoms with Crippen LogP contribution in [0.15, 0.2) is 47.0 Å². The van der Waals surface area contributed by atoms with Gasteiger partial charge in [-0.15, -0.1) is 0 Å². The Morgan fingerprint density at radius 3 is 2.77 bits per heavy atom. The molecular formula is C20H24N4O2. The Hall–Kier alpha value is -2.60. The minimum Gasteiger partial charge on any atom is -0.497 e. The van der Waals surface area contributed by atoms with Gasteiger partial charge in [0.25, 0.3) is 0 Å². The van der Waals surface area contributed by atoms with Crippen LogP contribution in [0.3, 0.4) is 0 Å². The molecule has 4 rings (SSSR count). The van der Waals surface area contributed by atoms with Crippen LogP contribution in [-0.4, -0.2) is 54.7 Å². The van der Waals surface area contributed by atoms with Crippen LogP contribution in [0.4, 0.5) is 5.82 Å². The predicted molar refractivity (Wildman–Crippen MR) is 102 cm³/mol. The predicted octanol–water partition coefficient (Wildman–Crippen LogP) is 2.99. The first-order valence-corrected chi connectivity index (χ1v) is 9.13. The first-order valence-electron chi connectivity index (χ1n) is 9.13. The molecule has 1 aliphatic heterocycles. The molecule has 6 nitrogen and oxygen atoms in total. The van der Waals surface area contributed by atoms with Gasteiger partial charge in [-0.3, -0.25) is 4.90 Å². The molecule has 0 amide bonds. The Morgan fingerprint density at radius 2 is 1.96 bits per heavy atom. The Balaban J connectivity index is 1.25. The lowest BCUT2D eigenvalue weighted by atomic mass is 10.2. The van der Waals surface area contributed by atoms with Crippen molar-refractivity contribution in [1.82, 2.24) is 14.9 Å². The van der Waals surface area contributed by atoms with Crippen molar-refractivity contribution in [2.24, 2.45) is 0 Å². The van der Waals surface area contributed by atoms with Gasteiger partial charge in [0.1, 0.15) is 17.1 Å². The Bertz CT molecular complexity index is 823. The third-order valence-corrected chi connectivity index (χ3v) is 4.85. The molecule has 0 bridgehead atoms. The number of nitrogens with zero attached hydrogens (tertiary/aromatic N) is 4. The van der Waals surface area contributed by atoms with Gasteiger partial charge in [0, 0.05) is 44.9 Å². The normalized spacial score (nSPS) is 15.5. The highest BCUT2D eigenvalue weighted by atomic mass is 16.5. The van der Waals surface area contributed by atoms with Gasteiger partial charge in [0.15, 0.2) is 11.5 Å². The number of aryl methyl sites for hydroxylation is 1. The van der Waals surface area contributed by atoms with Crippen LogP contribution >= 0.6 is 0 Å². The summed E-state index contributed by atoms with van der Waals surface area (Å²) in [7, 11) is 1.69. The zero-order valence-corrected chi connectivity index (χ0v) is 15.1. The highest BCUT2D eigenvalue weighted by Crippen LogP contribution is 2.20. The van der Waals surface area contributed by atoms with E-state index in [0.29, 0.717) is 0 Å². The number of anilines is 1. The van der Waals surface area contributed by atoms with Gasteiger partial charge in [0.2, 0.25) is 0 Å². The number of hydrogen-bond donors (Lipinski definition) is 0. The maximum atomic E-state index is 5.80. The van der Waals surface area contributed by atoms with E-state index < -0.39 is 0 Å². The summed E-state index contributed by atoms with van der Waals surface area (Å²) in [5, 5.41) is 0. The molecule has 0 unspecified atom stereocenters. The maximum Gasteiger partial charge on any atom is 0.195 e. The van der Waals surface area contributed by atoms with Gasteiger partial charge >= 0.3 is 0 Å². The van der Waals surface area contributed by atoms with E-state index in [4.69, 9.17) is 9.15 Å². The summed E-state index contributed by atoms with van der Waals surface area (Å²) in [5.41, 5.74) is 1.82. The summed E-state index contributed by atoms with van der Waals surface area (Å²) in [6, 6.07) is 11.8. The minimum absolute atomic E-state index is 0.838. The van der Waals surface area contributed by atoms with Crippen molar-refractivity contribution < 1.29 is 9.15 Å². The molecule has 0 spiro atoms. The molecule has 1 fully saturated rings. The lowest BCUT2D eigenvalue weighted by Crippen LogP contribution is -2.47. The Labute approximate surface area is 153 Å². The van der Waals surface area contributed by atoms with Crippen molar-refractivity contribution in [1.29, 1.82) is 0 Å². The molecule has 1 saturated heterocycles. The van der Waals surface area contributed by atoms with Crippen LogP contribution in [0.1, 0.15) is 12.3 Å². The SMILES string of the molecule is COc1ccnc(N2CCN(CCCc3nc4ccccc4o3)CC2)c1. The topological polar surface area (TPSA) is 54.6 Å². The molecule has 2 aromatic heterocycles. The molecule has 3 heterocycles. The summed E-state index contributed by atoms with van der Waals surface area (Å²) in [4.78, 5) is 13.8. The number of oxazole rings is 1. The van der Waals surface area contributed by atoms with Crippen LogP contribution in [0.25, 0.3) is 11.1 Å². The third-order valence-electron chi connectivity index (χ3n) is 4.85. The lowest BCUT2D eigenvalue weighted by Gasteiger charge is -2.35. The van der Waals surface area contributed by atoms with Gasteiger partial charge in [-0.1, -0.05) is 12.1 Å². The number of rotatable bonds is 6. The molecule has 0 N–H and O–H groups in total. The molecule has 1 aliphatic rings. The van der Waals surface area contributed by atoms with Crippen LogP contribution in [-0.2, 0) is 6.42 Å². The molecular weight excluding hydrogens is 328 g/mol. The van der Waals surface area contributed by atoms with E-state index >= 15 is 0 Å². The van der Waals surface area contributed by atoms with Gasteiger partial charge in [-0.2, -0.15) is 0 Å². The van der Waals surface area contributed by atoms with Gasteiger partial charge in [-0.25, -0.2) is 9.97 Å². The molecule has 0 aliphatic carbocycles. The molecule has 26 heavy (non-hydrogen) atoms. The largest absolute Gasteiger partial charge is 0.497 e. The number of methoxy groups -OCH3 is 1. The number of benzene rings is 1. The summed E-state index contributed by atoms with van der Waals surface area (Å²) in [6.07, 6.45) is 3.75. The highest BCUT2D eigenvalue weighted by Gasteiger charge is 2.18. The van der Waals surface area contributed by atoms with Crippen molar-refractivity contribution >= 4 is 16.9 Å². The van der Waals surface area contributed by atoms with E-state index in [0.717, 1.165) is 74.1 Å². The molecule has 1 aromatic carbocycles. The number of aromatic nitrogens is 2. The summed E-state index contributed by atoms with van der Waals surface area (Å²) >= 11 is 0. The van der Waals surface area contributed by atoms with Gasteiger partial charge in [-0.05, 0) is 31.2 Å². The maximum absolute atomic E-state index is 5.80. The number of piperazine rings is 1. The fraction of sp³-hybridized carbons (Fsp3) is 0.400. The van der Waals surface area contributed by atoms with E-state index in [-0.39, 0.29) is 0 Å². The minimum atomic E-state index is 0.838. The van der Waals surface area contributed by atoms with E-state index in [1.54, 1.807) is 13.3 Å². The van der Waals surface area contributed by atoms with Crippen molar-refractivity contribution in [2.75, 3.05) is 44.7 Å². The Morgan fingerprint density at radius 1 is 1.12 bits per heavy atom. The van der Waals surface area contributed by atoms with Crippen LogP contribution in [0.2, 0.25) is 0 Å². The second-order valence-corrected chi connectivity index (χ2v) is 6.56. The second-order valence-electron chi connectivity index (χ2n) is 6.56. The zero-order chi connectivity index (χ0) is 17.8. The summed E-state index contributed by atoms with van der Waals surface area (Å²) in [5.74, 6) is 2.69. The quantitative estimate of drug-likeness (QED) is 0.680. The van der Waals surface area contributed by atoms with E-state index in [2.05, 4.69) is 19.8 Å². The standard InChI is InChI=1S/C20H24N4O2/c1-25-16-8-9-21-19(15-16)24-13-11-23(12-14-24)10-4-7-20-22-17-5-2-3-6-18(17)26-20/h2-3,5-6,8-9,15H,4,7,10-14H2,1H3. The van der Waals surface area contributed by atoms with Crippen molar-refractivity contribution in [2.45, 2.75) is 12.8 Å². The second kappa shape index (κ2) is 7.74. The zero-order valence-electron chi connectivity index (χ0n) is 15.1. The average molecular weight is 352 g/mol. The van der Waals surface area contributed by atoms with Crippen molar-refractivity contribution in [3.05, 3.63) is 48.5 Å². The summed E-state index contributed by atoms with van der Waals surface area (Å²) < 4.78 is 11.1. The lowest BCUT2D eigenvalue weighted by molar-refractivity contribution is 0.252. The number of para-hydroxylation sites is 2. The van der Waals surface area contributed by atoms with Gasteiger partial charge < -0.3 is 14.1 Å². The first-order chi connectivity index (χ1) is 12.8. The first kappa shape index (κ1) is 16.8. The summed E-state index contributed by atoms with van der Waals surface area (Å²) in [6.45, 7) is 5.14. The fourth-order valence-corrected chi connectivity index (χ4v) is 3.38. The highest BCUT2D eigenvalue weighted by molar-refractivity contribution is 5.72. The molecule has 3 aromatic rings. The molecule has 6 heteroatoms. The number of pyridine rings is 1. The average Bonchev–Trinajstić information content (AvgIpc) is 3.11. The van der Waals surface area contributed by atoms with Crippen molar-refractivity contribution in [3.8, 4) is 5.75 Å². The molecule has 136 valence electrons. The molecule has 0 saturated carbocycles. The number of ether oxygens (including phenoxy) is 1. The fourth-order valence-electron chi connectivity index (χ4n) is 3.38. The monoisotopic (exact) mass is 352 g/mol. The molecule has 0 atom stereocenters. The number of hydrogen-bond acceptors (Lipinski definition) is 6. The number of fused-ring (bicyclic) bond motifs is 1. The smallest absolute Gasteiger partial charge is 0.195 e. The van der Waals surface area contributed by atoms with Gasteiger partial charge in [0.05, 0.1) is 7.11 Å². The molecule has 0 radical (unpaired) electrons. The van der Waals surface area contributed by atoms with Crippen LogP contribution < -0.4 is 9.64 Å². The van der Waals surface area contributed by atoms with Crippen molar-refractivity contribution in [3.63, 3.8) is 0 Å². The van der Waals surface area contributed by atoms with Crippen LogP contribution in [0.5, 0.6) is 5.75 Å². The van der Waals surface area contributed by atoms with E-state index in [1.807, 2.05) is 36.4 Å².